The first-order valence-corrected chi connectivity index (χ1v) is 9.32. The summed E-state index contributed by atoms with van der Waals surface area (Å²) in [5, 5.41) is 20.5. The number of benzene rings is 3. The van der Waals surface area contributed by atoms with E-state index in [1.165, 1.54) is 0 Å². The van der Waals surface area contributed by atoms with Crippen LogP contribution in [0.4, 0.5) is 0 Å². The Labute approximate surface area is 165 Å². The Morgan fingerprint density at radius 2 is 1.32 bits per heavy atom. The molecule has 3 rings (SSSR count). The Bertz CT molecular complexity index is 979. The maximum Gasteiger partial charge on any atom is 0.132 e. The Morgan fingerprint density at radius 3 is 2.00 bits per heavy atom. The van der Waals surface area contributed by atoms with Crippen molar-refractivity contribution in [1.29, 1.82) is 0 Å². The molecule has 0 atom stereocenters. The molecule has 0 radical (unpaired) electrons. The normalized spacial score (nSPS) is 11.5. The quantitative estimate of drug-likeness (QED) is 0.453. The van der Waals surface area contributed by atoms with Gasteiger partial charge in [-0.15, -0.1) is 0 Å². The maximum absolute atomic E-state index is 10.5. The first-order valence-electron chi connectivity index (χ1n) is 9.32. The molecule has 28 heavy (non-hydrogen) atoms. The molecule has 0 aliphatic heterocycles. The Kier molecular flexibility index (Phi) is 6.58. The molecule has 0 saturated carbocycles. The van der Waals surface area contributed by atoms with Gasteiger partial charge in [0.2, 0.25) is 0 Å². The van der Waals surface area contributed by atoms with Gasteiger partial charge in [-0.05, 0) is 36.6 Å². The minimum Gasteiger partial charge on any atom is -0.507 e. The van der Waals surface area contributed by atoms with Gasteiger partial charge in [-0.1, -0.05) is 54.6 Å². The first kappa shape index (κ1) is 19.4. The molecule has 142 valence electrons. The van der Waals surface area contributed by atoms with Crippen LogP contribution in [0.1, 0.15) is 23.1 Å². The molecule has 0 amide bonds. The Balaban J connectivity index is 1.54. The predicted octanol–water partition coefficient (Wildman–Crippen LogP) is 5.00. The largest absolute Gasteiger partial charge is 0.507 e. The van der Waals surface area contributed by atoms with E-state index < -0.39 is 0 Å². The number of rotatable bonds is 7. The number of hydrogen-bond donors (Lipinski definition) is 2. The summed E-state index contributed by atoms with van der Waals surface area (Å²) in [4.78, 5) is 8.76. The van der Waals surface area contributed by atoms with Gasteiger partial charge in [-0.2, -0.15) is 0 Å². The van der Waals surface area contributed by atoms with Crippen molar-refractivity contribution in [3.8, 4) is 22.6 Å². The molecule has 0 aliphatic carbocycles. The van der Waals surface area contributed by atoms with Crippen LogP contribution in [0, 0.1) is 6.92 Å². The van der Waals surface area contributed by atoms with E-state index in [4.69, 9.17) is 0 Å². The number of aryl methyl sites for hydroxylation is 1. The fourth-order valence-electron chi connectivity index (χ4n) is 2.88. The summed E-state index contributed by atoms with van der Waals surface area (Å²) in [6, 6.07) is 21.1. The molecule has 0 heterocycles. The number of hydrogen-bond acceptors (Lipinski definition) is 4. The van der Waals surface area contributed by atoms with E-state index in [1.54, 1.807) is 12.4 Å². The summed E-state index contributed by atoms with van der Waals surface area (Å²) < 4.78 is 0. The van der Waals surface area contributed by atoms with Crippen molar-refractivity contribution >= 4 is 12.4 Å². The lowest BCUT2D eigenvalue weighted by molar-refractivity contribution is 0.470. The van der Waals surface area contributed by atoms with E-state index in [0.717, 1.165) is 28.7 Å². The van der Waals surface area contributed by atoms with Gasteiger partial charge in [0, 0.05) is 42.2 Å². The highest BCUT2D eigenvalue weighted by Crippen LogP contribution is 2.31. The van der Waals surface area contributed by atoms with Crippen LogP contribution < -0.4 is 0 Å². The second kappa shape index (κ2) is 9.51. The zero-order valence-electron chi connectivity index (χ0n) is 15.9. The molecule has 0 aliphatic rings. The molecule has 0 unspecified atom stereocenters. The Morgan fingerprint density at radius 1 is 0.714 bits per heavy atom. The van der Waals surface area contributed by atoms with Crippen molar-refractivity contribution in [3.63, 3.8) is 0 Å². The van der Waals surface area contributed by atoms with Crippen LogP contribution in [-0.2, 0) is 0 Å². The lowest BCUT2D eigenvalue weighted by Crippen LogP contribution is -1.91. The van der Waals surface area contributed by atoms with Crippen molar-refractivity contribution < 1.29 is 10.2 Å². The maximum atomic E-state index is 10.5. The second-order valence-corrected chi connectivity index (χ2v) is 6.55. The van der Waals surface area contributed by atoms with E-state index in [-0.39, 0.29) is 11.5 Å². The first-order chi connectivity index (χ1) is 13.7. The van der Waals surface area contributed by atoms with E-state index in [1.807, 2.05) is 73.7 Å². The average Bonchev–Trinajstić information content (AvgIpc) is 2.72. The molecular weight excluding hydrogens is 348 g/mol. The van der Waals surface area contributed by atoms with Crippen LogP contribution >= 0.6 is 0 Å². The smallest absolute Gasteiger partial charge is 0.132 e. The van der Waals surface area contributed by atoms with Crippen LogP contribution in [0.5, 0.6) is 11.5 Å². The molecule has 0 saturated heterocycles. The standard InChI is InChI=1S/C24H24N2O2/c1-18-8-5-11-20(23(18)27)16-25-14-7-15-26-17-21-12-6-13-22(24(21)28)19-9-3-2-4-10-19/h2-6,8-13,16-17,27-28H,7,14-15H2,1H3. The SMILES string of the molecule is Cc1cccc(C=NCCCN=Cc2cccc(-c3ccccc3)c2O)c1O. The topological polar surface area (TPSA) is 65.2 Å². The summed E-state index contributed by atoms with van der Waals surface area (Å²) in [7, 11) is 0. The summed E-state index contributed by atoms with van der Waals surface area (Å²) in [5.41, 5.74) is 4.04. The molecule has 4 heteroatoms. The number of aliphatic imine (C=N–C) groups is 2. The van der Waals surface area contributed by atoms with Crippen molar-refractivity contribution in [2.45, 2.75) is 13.3 Å². The lowest BCUT2D eigenvalue weighted by Gasteiger charge is -2.07. The third-order valence-corrected chi connectivity index (χ3v) is 4.46. The molecule has 3 aromatic rings. The molecular formula is C24H24N2O2. The number of phenolic OH excluding ortho intramolecular Hbond substituents is 2. The van der Waals surface area contributed by atoms with Gasteiger partial charge in [0.1, 0.15) is 11.5 Å². The van der Waals surface area contributed by atoms with E-state index in [9.17, 15) is 10.2 Å². The van der Waals surface area contributed by atoms with Crippen molar-refractivity contribution in [3.05, 3.63) is 83.4 Å². The summed E-state index contributed by atoms with van der Waals surface area (Å²) in [6.45, 7) is 3.11. The van der Waals surface area contributed by atoms with Crippen LogP contribution in [-0.4, -0.2) is 35.7 Å². The van der Waals surface area contributed by atoms with Crippen LogP contribution in [0.15, 0.2) is 76.7 Å². The predicted molar refractivity (Wildman–Crippen MR) is 116 cm³/mol. The number of phenols is 2. The van der Waals surface area contributed by atoms with E-state index in [2.05, 4.69) is 9.98 Å². The number of para-hydroxylation sites is 2. The van der Waals surface area contributed by atoms with Gasteiger partial charge < -0.3 is 10.2 Å². The average molecular weight is 372 g/mol. The molecule has 0 spiro atoms. The second-order valence-electron chi connectivity index (χ2n) is 6.55. The molecule has 2 N–H and O–H groups in total. The van der Waals surface area contributed by atoms with Gasteiger partial charge in [0.05, 0.1) is 0 Å². The van der Waals surface area contributed by atoms with Crippen molar-refractivity contribution in [1.82, 2.24) is 0 Å². The minimum atomic E-state index is 0.241. The van der Waals surface area contributed by atoms with Gasteiger partial charge >= 0.3 is 0 Å². The number of nitrogens with zero attached hydrogens (tertiary/aromatic N) is 2. The monoisotopic (exact) mass is 372 g/mol. The zero-order valence-corrected chi connectivity index (χ0v) is 15.9. The third-order valence-electron chi connectivity index (χ3n) is 4.46. The third kappa shape index (κ3) is 4.86. The van der Waals surface area contributed by atoms with Gasteiger partial charge in [0.25, 0.3) is 0 Å². The summed E-state index contributed by atoms with van der Waals surface area (Å²) in [5.74, 6) is 0.517. The van der Waals surface area contributed by atoms with Crippen molar-refractivity contribution in [2.24, 2.45) is 9.98 Å². The van der Waals surface area contributed by atoms with Crippen LogP contribution in [0.25, 0.3) is 11.1 Å². The van der Waals surface area contributed by atoms with Gasteiger partial charge in [-0.25, -0.2) is 0 Å². The summed E-state index contributed by atoms with van der Waals surface area (Å²) in [6.07, 6.45) is 4.19. The number of aromatic hydroxyl groups is 2. The zero-order chi connectivity index (χ0) is 19.8. The highest BCUT2D eigenvalue weighted by atomic mass is 16.3. The molecule has 3 aromatic carbocycles. The van der Waals surface area contributed by atoms with Crippen LogP contribution in [0.2, 0.25) is 0 Å². The molecule has 0 aromatic heterocycles. The highest BCUT2D eigenvalue weighted by Gasteiger charge is 2.06. The lowest BCUT2D eigenvalue weighted by atomic mass is 10.0. The fourth-order valence-corrected chi connectivity index (χ4v) is 2.88. The molecule has 0 fully saturated rings. The van der Waals surface area contributed by atoms with Gasteiger partial charge in [0.15, 0.2) is 0 Å². The molecule has 4 nitrogen and oxygen atoms in total. The summed E-state index contributed by atoms with van der Waals surface area (Å²) >= 11 is 0. The minimum absolute atomic E-state index is 0.241. The van der Waals surface area contributed by atoms with Crippen molar-refractivity contribution in [2.75, 3.05) is 13.1 Å². The van der Waals surface area contributed by atoms with Gasteiger partial charge in [-0.3, -0.25) is 9.98 Å². The fraction of sp³-hybridized carbons (Fsp3) is 0.167. The highest BCUT2D eigenvalue weighted by molar-refractivity contribution is 5.88. The molecule has 0 bridgehead atoms. The van der Waals surface area contributed by atoms with Crippen LogP contribution in [0.3, 0.4) is 0 Å². The van der Waals surface area contributed by atoms with E-state index >= 15 is 0 Å². The Hall–Kier alpha value is -3.40. The van der Waals surface area contributed by atoms with E-state index in [0.29, 0.717) is 18.7 Å².